The van der Waals surface area contributed by atoms with Gasteiger partial charge in [0.2, 0.25) is 5.78 Å². The molecular formula is C39H47NO13. The van der Waals surface area contributed by atoms with Crippen LogP contribution in [0, 0.1) is 30.6 Å². The Bertz CT molecular complexity index is 1840. The topological polar surface area (TPSA) is 201 Å². The van der Waals surface area contributed by atoms with Gasteiger partial charge in [0.25, 0.3) is 11.7 Å². The van der Waals surface area contributed by atoms with Crippen molar-refractivity contribution >= 4 is 35.2 Å². The van der Waals surface area contributed by atoms with Gasteiger partial charge in [-0.3, -0.25) is 28.8 Å². The summed E-state index contributed by atoms with van der Waals surface area (Å²) >= 11 is 0. The number of esters is 2. The van der Waals surface area contributed by atoms with E-state index in [0.29, 0.717) is 0 Å². The van der Waals surface area contributed by atoms with Crippen molar-refractivity contribution in [3.63, 3.8) is 0 Å². The quantitative estimate of drug-likeness (QED) is 0.299. The summed E-state index contributed by atoms with van der Waals surface area (Å²) in [7, 11) is 1.41. The van der Waals surface area contributed by atoms with Gasteiger partial charge in [-0.2, -0.15) is 0 Å². The molecule has 1 aromatic rings. The smallest absolute Gasteiger partial charge is 0.312 e. The van der Waals surface area contributed by atoms with E-state index in [-0.39, 0.29) is 33.8 Å². The molecule has 286 valence electrons. The Labute approximate surface area is 307 Å². The van der Waals surface area contributed by atoms with Gasteiger partial charge in [-0.25, -0.2) is 0 Å². The van der Waals surface area contributed by atoms with E-state index in [1.807, 2.05) is 0 Å². The molecule has 1 amide bonds. The first-order valence-electron chi connectivity index (χ1n) is 17.3. The average molecular weight is 738 g/mol. The third-order valence-electron chi connectivity index (χ3n) is 10.0. The second-order valence-electron chi connectivity index (χ2n) is 14.0. The van der Waals surface area contributed by atoms with Crippen molar-refractivity contribution in [2.24, 2.45) is 23.7 Å². The third kappa shape index (κ3) is 8.04. The van der Waals surface area contributed by atoms with Gasteiger partial charge in [-0.15, -0.1) is 0 Å². The maximum atomic E-state index is 14.1. The molecule has 1 aromatic carbocycles. The van der Waals surface area contributed by atoms with Crippen LogP contribution in [0.5, 0.6) is 11.5 Å². The van der Waals surface area contributed by atoms with Crippen LogP contribution in [0.15, 0.2) is 47.9 Å². The summed E-state index contributed by atoms with van der Waals surface area (Å²) in [6.45, 7) is 13.4. The van der Waals surface area contributed by atoms with E-state index < -0.39 is 100 Å². The van der Waals surface area contributed by atoms with Crippen LogP contribution in [0.3, 0.4) is 0 Å². The van der Waals surface area contributed by atoms with Crippen molar-refractivity contribution in [1.82, 2.24) is 5.32 Å². The average Bonchev–Trinajstić information content (AvgIpc) is 3.36. The van der Waals surface area contributed by atoms with E-state index in [2.05, 4.69) is 5.32 Å². The van der Waals surface area contributed by atoms with Gasteiger partial charge >= 0.3 is 17.7 Å². The zero-order valence-electron chi connectivity index (χ0n) is 31.5. The predicted molar refractivity (Wildman–Crippen MR) is 189 cm³/mol. The number of carbonyl (C=O) groups is 6. The van der Waals surface area contributed by atoms with E-state index in [9.17, 15) is 39.0 Å². The summed E-state index contributed by atoms with van der Waals surface area (Å²) in [4.78, 5) is 79.4. The molecule has 0 radical (unpaired) electrons. The number of ether oxygens (including phenoxy) is 5. The Morgan fingerprint density at radius 3 is 2.15 bits per heavy atom. The monoisotopic (exact) mass is 737 g/mol. The Balaban J connectivity index is 1.88. The van der Waals surface area contributed by atoms with Crippen LogP contribution in [0.2, 0.25) is 0 Å². The normalized spacial score (nSPS) is 30.9. The van der Waals surface area contributed by atoms with Crippen LogP contribution in [0.25, 0.3) is 0 Å². The molecule has 53 heavy (non-hydrogen) atoms. The first-order valence-corrected chi connectivity index (χ1v) is 17.3. The number of benzene rings is 1. The van der Waals surface area contributed by atoms with Crippen molar-refractivity contribution in [3.05, 3.63) is 70.2 Å². The minimum Gasteiger partial charge on any atom is -0.462 e. The van der Waals surface area contributed by atoms with Gasteiger partial charge in [0.1, 0.15) is 17.6 Å². The standard InChI is InChI=1S/C39H47NO13/c1-17-12-11-13-18(2)38(48)40-25-16-26(43)28-29(33(25)46)35(52-24(8)42)22(6)36-30(28)37(47)39(9,53-36)50-15-14-27(49-10)19(3)34(51-23(7)41)21(5)32(45)20(4)31(17)44/h11-17,19-21,27,31-32,34,44-45H,1-10H3,(H,40,48)/t17-,19+,20+,21-,27-,31-,32-,34+,39-/m0/s1. The number of aliphatic hydroxyl groups is 2. The van der Waals surface area contributed by atoms with Gasteiger partial charge in [0.05, 0.1) is 47.0 Å². The van der Waals surface area contributed by atoms with Crippen molar-refractivity contribution in [3.8, 4) is 11.5 Å². The van der Waals surface area contributed by atoms with Crippen LogP contribution in [0.4, 0.5) is 0 Å². The molecule has 1 aliphatic carbocycles. The number of ketones is 3. The van der Waals surface area contributed by atoms with E-state index in [0.717, 1.165) is 19.3 Å². The van der Waals surface area contributed by atoms with Crippen LogP contribution in [0.1, 0.15) is 92.0 Å². The minimum absolute atomic E-state index is 0.0600. The van der Waals surface area contributed by atoms with E-state index in [4.69, 9.17) is 23.7 Å². The second-order valence-corrected chi connectivity index (χ2v) is 14.0. The van der Waals surface area contributed by atoms with Crippen molar-refractivity contribution in [1.29, 1.82) is 0 Å². The molecule has 4 aliphatic rings. The first kappa shape index (κ1) is 40.8. The van der Waals surface area contributed by atoms with Crippen molar-refractivity contribution < 1.29 is 62.7 Å². The van der Waals surface area contributed by atoms with Crippen LogP contribution >= 0.6 is 0 Å². The number of aliphatic hydroxyl groups excluding tert-OH is 2. The molecule has 3 aliphatic heterocycles. The summed E-state index contributed by atoms with van der Waals surface area (Å²) in [6.07, 6.45) is 4.21. The first-order chi connectivity index (χ1) is 24.7. The highest BCUT2D eigenvalue weighted by Crippen LogP contribution is 2.48. The summed E-state index contributed by atoms with van der Waals surface area (Å²) in [5.41, 5.74) is -1.26. The number of methoxy groups -OCH3 is 1. The van der Waals surface area contributed by atoms with E-state index >= 15 is 0 Å². The molecule has 0 saturated carbocycles. The molecule has 3 N–H and O–H groups in total. The Kier molecular flexibility index (Phi) is 12.3. The molecule has 5 rings (SSSR count). The predicted octanol–water partition coefficient (Wildman–Crippen LogP) is 3.85. The van der Waals surface area contributed by atoms with Crippen molar-refractivity contribution in [2.45, 2.75) is 92.5 Å². The van der Waals surface area contributed by atoms with Crippen LogP contribution in [-0.4, -0.2) is 82.7 Å². The molecular weight excluding hydrogens is 690 g/mol. The van der Waals surface area contributed by atoms with Crippen molar-refractivity contribution in [2.75, 3.05) is 7.11 Å². The number of allylic oxidation sites excluding steroid dienone is 4. The minimum atomic E-state index is -2.07. The molecule has 5 bridgehead atoms. The molecule has 0 spiro atoms. The molecule has 14 heteroatoms. The highest BCUT2D eigenvalue weighted by molar-refractivity contribution is 6.31. The summed E-state index contributed by atoms with van der Waals surface area (Å²) in [5, 5.41) is 25.1. The number of hydrogen-bond acceptors (Lipinski definition) is 13. The van der Waals surface area contributed by atoms with E-state index in [1.165, 1.54) is 53.0 Å². The molecule has 9 atom stereocenters. The lowest BCUT2D eigenvalue weighted by molar-refractivity contribution is -0.160. The van der Waals surface area contributed by atoms with Crippen LogP contribution < -0.4 is 14.8 Å². The Hall–Kier alpha value is -4.92. The lowest BCUT2D eigenvalue weighted by Crippen LogP contribution is -2.46. The van der Waals surface area contributed by atoms with Crippen LogP contribution in [-0.2, 0) is 28.6 Å². The number of Topliss-reactive ketones (excluding diaryl/α,β-unsaturated/α-hetero) is 2. The zero-order chi connectivity index (χ0) is 39.7. The zero-order valence-corrected chi connectivity index (χ0v) is 31.5. The lowest BCUT2D eigenvalue weighted by atomic mass is 9.78. The third-order valence-corrected chi connectivity index (χ3v) is 10.0. The van der Waals surface area contributed by atoms with Gasteiger partial charge in [0.15, 0.2) is 5.78 Å². The fraction of sp³-hybridized carbons (Fsp3) is 0.487. The van der Waals surface area contributed by atoms with Gasteiger partial charge in [-0.1, -0.05) is 45.9 Å². The number of rotatable bonds is 3. The number of hydrogen-bond donors (Lipinski definition) is 3. The summed E-state index contributed by atoms with van der Waals surface area (Å²) in [6, 6.07) is 0. The van der Waals surface area contributed by atoms with Gasteiger partial charge in [-0.05, 0) is 19.9 Å². The Morgan fingerprint density at radius 1 is 0.887 bits per heavy atom. The second kappa shape index (κ2) is 16.0. The number of carbonyl (C=O) groups excluding carboxylic acids is 6. The molecule has 14 nitrogen and oxygen atoms in total. The lowest BCUT2D eigenvalue weighted by Gasteiger charge is -2.38. The highest BCUT2D eigenvalue weighted by atomic mass is 16.7. The Morgan fingerprint density at radius 2 is 1.55 bits per heavy atom. The van der Waals surface area contributed by atoms with E-state index in [1.54, 1.807) is 33.8 Å². The molecule has 0 saturated heterocycles. The number of fused-ring (bicyclic) bond motifs is 14. The largest absolute Gasteiger partial charge is 0.462 e. The molecule has 0 aromatic heterocycles. The molecule has 0 unspecified atom stereocenters. The maximum Gasteiger partial charge on any atom is 0.312 e. The molecule has 3 heterocycles. The fourth-order valence-electron chi connectivity index (χ4n) is 6.88. The number of amides is 1. The van der Waals surface area contributed by atoms with Gasteiger partial charge < -0.3 is 39.2 Å². The summed E-state index contributed by atoms with van der Waals surface area (Å²) < 4.78 is 28.7. The fourth-order valence-corrected chi connectivity index (χ4v) is 6.88. The van der Waals surface area contributed by atoms with Gasteiger partial charge in [0, 0.05) is 68.8 Å². The SMILES string of the molecule is CO[C@H]1C=CO[C@@]2(C)Oc3c(C)c(OC(C)=O)c4c(c3C2=O)C(=O)C=C(NC(=O)C(C)=CC=C[C@H](C)[C@H](O)[C@@H](C)[C@H](O)[C@H](C)[C@H](OC(C)=O)[C@@H]1C)C4=O. The summed E-state index contributed by atoms with van der Waals surface area (Å²) in [5.74, 6) is -9.71. The molecule has 0 fully saturated rings. The maximum absolute atomic E-state index is 14.1. The highest BCUT2D eigenvalue weighted by Gasteiger charge is 2.52. The number of nitrogens with one attached hydrogen (secondary N) is 1.